The Balaban J connectivity index is 2.01. The predicted octanol–water partition coefficient (Wildman–Crippen LogP) is 3.96. The van der Waals surface area contributed by atoms with Gasteiger partial charge in [-0.1, -0.05) is 0 Å². The van der Waals surface area contributed by atoms with Crippen molar-refractivity contribution in [3.63, 3.8) is 0 Å². The molecule has 3 rings (SSSR count). The summed E-state index contributed by atoms with van der Waals surface area (Å²) < 4.78 is 13.4. The third kappa shape index (κ3) is 4.73. The van der Waals surface area contributed by atoms with E-state index in [4.69, 9.17) is 9.47 Å². The molecule has 1 aliphatic rings. The maximum atomic E-state index is 12.9. The number of esters is 1. The van der Waals surface area contributed by atoms with Crippen molar-refractivity contribution in [2.24, 2.45) is 0 Å². The van der Waals surface area contributed by atoms with Gasteiger partial charge < -0.3 is 18.9 Å². The van der Waals surface area contributed by atoms with Crippen LogP contribution in [0.5, 0.6) is 0 Å². The molecule has 0 radical (unpaired) electrons. The molecule has 0 unspecified atom stereocenters. The highest BCUT2D eigenvalue weighted by Gasteiger charge is 2.31. The second-order valence-electron chi connectivity index (χ2n) is 8.03. The van der Waals surface area contributed by atoms with Crippen LogP contribution in [0.3, 0.4) is 0 Å². The number of aromatic nitrogens is 1. The van der Waals surface area contributed by atoms with Crippen molar-refractivity contribution in [2.45, 2.75) is 45.8 Å². The highest BCUT2D eigenvalue weighted by Crippen LogP contribution is 2.27. The number of pyridine rings is 1. The zero-order chi connectivity index (χ0) is 21.3. The zero-order valence-electron chi connectivity index (χ0n) is 17.0. The Kier molecular flexibility index (Phi) is 6.21. The van der Waals surface area contributed by atoms with E-state index in [-0.39, 0.29) is 29.7 Å². The summed E-state index contributed by atoms with van der Waals surface area (Å²) in [6, 6.07) is 5.50. The standard InChI is InChI=1S/C21H25IN2O5/c1-5-28-19(26)16-12-24(17-7-6-13(22)10-15(17)18(16)25)14-8-9-23(11-14)20(27)29-21(2,3)4/h6-7,10,12,14H,5,8-9,11H2,1-4H3/t14-/m1/s1. The van der Waals surface area contributed by atoms with Crippen molar-refractivity contribution in [3.05, 3.63) is 43.8 Å². The normalized spacial score (nSPS) is 16.9. The summed E-state index contributed by atoms with van der Waals surface area (Å²) >= 11 is 2.14. The maximum absolute atomic E-state index is 12.9. The van der Waals surface area contributed by atoms with Crippen molar-refractivity contribution >= 4 is 45.6 Å². The van der Waals surface area contributed by atoms with Crippen molar-refractivity contribution in [3.8, 4) is 0 Å². The predicted molar refractivity (Wildman–Crippen MR) is 118 cm³/mol. The van der Waals surface area contributed by atoms with E-state index in [9.17, 15) is 14.4 Å². The number of amides is 1. The van der Waals surface area contributed by atoms with Gasteiger partial charge in [-0.3, -0.25) is 4.79 Å². The van der Waals surface area contributed by atoms with Gasteiger partial charge in [0, 0.05) is 28.2 Å². The van der Waals surface area contributed by atoms with Gasteiger partial charge in [0.25, 0.3) is 0 Å². The smallest absolute Gasteiger partial charge is 0.410 e. The van der Waals surface area contributed by atoms with Gasteiger partial charge in [-0.05, 0) is 74.9 Å². The second-order valence-corrected chi connectivity index (χ2v) is 9.28. The number of halogens is 1. The van der Waals surface area contributed by atoms with E-state index in [0.29, 0.717) is 24.9 Å². The van der Waals surface area contributed by atoms with E-state index in [2.05, 4.69) is 22.6 Å². The Morgan fingerprint density at radius 3 is 2.66 bits per heavy atom. The fraction of sp³-hybridized carbons (Fsp3) is 0.476. The molecule has 0 saturated carbocycles. The SMILES string of the molecule is CCOC(=O)c1cn([C@@H]2CCN(C(=O)OC(C)(C)C)C2)c2ccc(I)cc2c1=O. The number of hydrogen-bond donors (Lipinski definition) is 0. The number of likely N-dealkylation sites (tertiary alicyclic amines) is 1. The molecule has 0 spiro atoms. The molecule has 7 nitrogen and oxygen atoms in total. The first-order valence-corrected chi connectivity index (χ1v) is 10.7. The van der Waals surface area contributed by atoms with E-state index in [1.165, 1.54) is 0 Å². The van der Waals surface area contributed by atoms with Gasteiger partial charge in [0.05, 0.1) is 18.2 Å². The van der Waals surface area contributed by atoms with E-state index < -0.39 is 11.6 Å². The fourth-order valence-corrected chi connectivity index (χ4v) is 3.94. The Bertz CT molecular complexity index is 1010. The summed E-state index contributed by atoms with van der Waals surface area (Å²) in [6.07, 6.45) is 1.91. The van der Waals surface area contributed by atoms with Gasteiger partial charge >= 0.3 is 12.1 Å². The summed E-state index contributed by atoms with van der Waals surface area (Å²) in [5, 5.41) is 0.471. The second kappa shape index (κ2) is 8.33. The van der Waals surface area contributed by atoms with Crippen molar-refractivity contribution in [1.82, 2.24) is 9.47 Å². The Morgan fingerprint density at radius 2 is 2.00 bits per heavy atom. The van der Waals surface area contributed by atoms with Crippen molar-refractivity contribution < 1.29 is 19.1 Å². The molecule has 1 aromatic carbocycles. The average molecular weight is 512 g/mol. The Morgan fingerprint density at radius 1 is 1.28 bits per heavy atom. The minimum atomic E-state index is -0.631. The van der Waals surface area contributed by atoms with Crippen molar-refractivity contribution in [2.75, 3.05) is 19.7 Å². The number of rotatable bonds is 3. The quantitative estimate of drug-likeness (QED) is 0.460. The lowest BCUT2D eigenvalue weighted by molar-refractivity contribution is 0.0288. The number of benzene rings is 1. The van der Waals surface area contributed by atoms with Crippen LogP contribution < -0.4 is 5.43 Å². The molecule has 8 heteroatoms. The molecule has 1 aromatic heterocycles. The number of ether oxygens (including phenoxy) is 2. The molecule has 1 atom stereocenters. The van der Waals surface area contributed by atoms with Gasteiger partial charge in [0.15, 0.2) is 0 Å². The monoisotopic (exact) mass is 512 g/mol. The van der Waals surface area contributed by atoms with Gasteiger partial charge in [0.2, 0.25) is 5.43 Å². The maximum Gasteiger partial charge on any atom is 0.410 e. The van der Waals surface area contributed by atoms with Gasteiger partial charge in [-0.25, -0.2) is 9.59 Å². The highest BCUT2D eigenvalue weighted by atomic mass is 127. The summed E-state index contributed by atoms with van der Waals surface area (Å²) in [6.45, 7) is 8.39. The van der Waals surface area contributed by atoms with Crippen molar-refractivity contribution in [1.29, 1.82) is 0 Å². The topological polar surface area (TPSA) is 77.8 Å². The first kappa shape index (κ1) is 21.6. The van der Waals surface area contributed by atoms with Crippen LogP contribution in [0.2, 0.25) is 0 Å². The van der Waals surface area contributed by atoms with E-state index in [1.54, 1.807) is 24.1 Å². The van der Waals surface area contributed by atoms with E-state index >= 15 is 0 Å². The lowest BCUT2D eigenvalue weighted by atomic mass is 10.1. The molecule has 1 fully saturated rings. The van der Waals surface area contributed by atoms with Crippen LogP contribution in [0, 0.1) is 3.57 Å². The first-order valence-electron chi connectivity index (χ1n) is 9.60. The molecule has 1 amide bonds. The molecule has 2 heterocycles. The minimum absolute atomic E-state index is 0.0112. The lowest BCUT2D eigenvalue weighted by Gasteiger charge is -2.25. The average Bonchev–Trinajstić information content (AvgIpc) is 3.11. The number of hydrogen-bond acceptors (Lipinski definition) is 5. The molecule has 156 valence electrons. The van der Waals surface area contributed by atoms with Gasteiger partial charge in [0.1, 0.15) is 11.2 Å². The molecular weight excluding hydrogens is 487 g/mol. The van der Waals surface area contributed by atoms with E-state index in [0.717, 1.165) is 9.09 Å². The summed E-state index contributed by atoms with van der Waals surface area (Å²) in [7, 11) is 0. The van der Waals surface area contributed by atoms with E-state index in [1.807, 2.05) is 37.5 Å². The highest BCUT2D eigenvalue weighted by molar-refractivity contribution is 14.1. The van der Waals surface area contributed by atoms with Crippen LogP contribution in [0.4, 0.5) is 4.79 Å². The number of carbonyl (C=O) groups is 2. The van der Waals surface area contributed by atoms with Gasteiger partial charge in [-0.2, -0.15) is 0 Å². The Labute approximate surface area is 183 Å². The molecule has 1 saturated heterocycles. The molecule has 0 aliphatic carbocycles. The lowest BCUT2D eigenvalue weighted by Crippen LogP contribution is -2.35. The molecular formula is C21H25IN2O5. The molecule has 1 aliphatic heterocycles. The molecule has 29 heavy (non-hydrogen) atoms. The van der Waals surface area contributed by atoms with Gasteiger partial charge in [-0.15, -0.1) is 0 Å². The Hall–Kier alpha value is -2.10. The third-order valence-corrected chi connectivity index (χ3v) is 5.37. The molecule has 0 bridgehead atoms. The first-order chi connectivity index (χ1) is 13.6. The largest absolute Gasteiger partial charge is 0.462 e. The van der Waals surface area contributed by atoms with Crippen LogP contribution in [0.15, 0.2) is 29.2 Å². The molecule has 0 N–H and O–H groups in total. The zero-order valence-corrected chi connectivity index (χ0v) is 19.2. The third-order valence-electron chi connectivity index (χ3n) is 4.70. The minimum Gasteiger partial charge on any atom is -0.462 e. The summed E-state index contributed by atoms with van der Waals surface area (Å²) in [4.78, 5) is 39.4. The number of carbonyl (C=O) groups excluding carboxylic acids is 2. The van der Waals surface area contributed by atoms with Crippen LogP contribution in [0.1, 0.15) is 50.5 Å². The fourth-order valence-electron chi connectivity index (χ4n) is 3.45. The number of nitrogens with zero attached hydrogens (tertiary/aromatic N) is 2. The van der Waals surface area contributed by atoms with Crippen LogP contribution in [-0.4, -0.2) is 46.8 Å². The van der Waals surface area contributed by atoms with Crippen LogP contribution in [0.25, 0.3) is 10.9 Å². The van der Waals surface area contributed by atoms with Crippen LogP contribution >= 0.6 is 22.6 Å². The summed E-state index contributed by atoms with van der Waals surface area (Å²) in [5.74, 6) is -0.631. The van der Waals surface area contributed by atoms with Crippen LogP contribution in [-0.2, 0) is 9.47 Å². The summed E-state index contributed by atoms with van der Waals surface area (Å²) in [5.41, 5.74) is -0.153. The number of fused-ring (bicyclic) bond motifs is 1. The molecule has 2 aromatic rings.